The number of benzene rings is 2. The topological polar surface area (TPSA) is 108 Å². The molecule has 2 aromatic rings. The van der Waals surface area contributed by atoms with Crippen LogP contribution >= 0.6 is 15.9 Å². The van der Waals surface area contributed by atoms with Crippen molar-refractivity contribution in [1.82, 2.24) is 10.2 Å². The fraction of sp³-hybridized carbons (Fsp3) is 0.391. The molecule has 0 aromatic heterocycles. The van der Waals surface area contributed by atoms with E-state index in [2.05, 4.69) is 21.2 Å². The number of aliphatic hydroxyl groups excluding tert-OH is 2. The molecule has 9 heteroatoms. The molecule has 0 bridgehead atoms. The maximum Gasteiger partial charge on any atom is 0.255 e. The van der Waals surface area contributed by atoms with Gasteiger partial charge in [-0.25, -0.2) is 0 Å². The monoisotopic (exact) mass is 506 g/mol. The molecule has 3 N–H and O–H groups in total. The third-order valence-corrected chi connectivity index (χ3v) is 6.11. The summed E-state index contributed by atoms with van der Waals surface area (Å²) in [6, 6.07) is 10.6. The number of fused-ring (bicyclic) bond motifs is 1. The minimum Gasteiger partial charge on any atom is -0.493 e. The summed E-state index contributed by atoms with van der Waals surface area (Å²) < 4.78 is 11.5. The number of hydrogen-bond donors (Lipinski definition) is 3. The van der Waals surface area contributed by atoms with Gasteiger partial charge in [0.05, 0.1) is 20.3 Å². The minimum atomic E-state index is -1.88. The Morgan fingerprint density at radius 3 is 2.22 bits per heavy atom. The van der Waals surface area contributed by atoms with Gasteiger partial charge in [-0.05, 0) is 54.3 Å². The summed E-state index contributed by atoms with van der Waals surface area (Å²) in [5, 5.41) is 23.4. The highest BCUT2D eigenvalue weighted by Gasteiger charge is 2.35. The van der Waals surface area contributed by atoms with Gasteiger partial charge in [0.25, 0.3) is 11.8 Å². The summed E-state index contributed by atoms with van der Waals surface area (Å²) in [4.78, 5) is 26.7. The lowest BCUT2D eigenvalue weighted by Gasteiger charge is -2.32. The SMILES string of the molecule is COc1cc2c(cc1OC)CN(C(=O)[C@H](O)[C@@H](O)C(=O)N[C@@H](C)c1ccc(Br)cc1)CC2. The lowest BCUT2D eigenvalue weighted by Crippen LogP contribution is -2.51. The molecule has 0 saturated carbocycles. The standard InChI is InChI=1S/C23H27BrN2O6/c1-13(14-4-6-17(24)7-5-14)25-22(29)20(27)21(28)23(30)26-9-8-15-10-18(31-2)19(32-3)11-16(15)12-26/h4-7,10-11,13,20-21,27-28H,8-9,12H2,1-3H3,(H,25,29)/t13-,20+,21+/m0/s1. The van der Waals surface area contributed by atoms with Gasteiger partial charge < -0.3 is 29.9 Å². The highest BCUT2D eigenvalue weighted by Crippen LogP contribution is 2.33. The Balaban J connectivity index is 1.64. The van der Waals surface area contributed by atoms with Gasteiger partial charge >= 0.3 is 0 Å². The van der Waals surface area contributed by atoms with E-state index in [1.54, 1.807) is 20.1 Å². The molecule has 3 rings (SSSR count). The van der Waals surface area contributed by atoms with Gasteiger partial charge in [-0.15, -0.1) is 0 Å². The molecule has 3 atom stereocenters. The van der Waals surface area contributed by atoms with Crippen molar-refractivity contribution < 1.29 is 29.3 Å². The van der Waals surface area contributed by atoms with Gasteiger partial charge in [-0.1, -0.05) is 28.1 Å². The molecule has 1 heterocycles. The lowest BCUT2D eigenvalue weighted by molar-refractivity contribution is -0.154. The summed E-state index contributed by atoms with van der Waals surface area (Å²) in [5.74, 6) is -0.366. The second-order valence-electron chi connectivity index (χ2n) is 7.66. The number of amides is 2. The van der Waals surface area contributed by atoms with Crippen molar-refractivity contribution in [2.45, 2.75) is 38.1 Å². The van der Waals surface area contributed by atoms with Crippen LogP contribution in [-0.4, -0.2) is 59.9 Å². The van der Waals surface area contributed by atoms with Gasteiger partial charge in [0.15, 0.2) is 23.7 Å². The van der Waals surface area contributed by atoms with Crippen LogP contribution in [0, 0.1) is 0 Å². The summed E-state index contributed by atoms with van der Waals surface area (Å²) in [6.07, 6.45) is -3.20. The van der Waals surface area contributed by atoms with E-state index in [9.17, 15) is 19.8 Å². The van der Waals surface area contributed by atoms with Crippen molar-refractivity contribution in [2.75, 3.05) is 20.8 Å². The molecule has 8 nitrogen and oxygen atoms in total. The Kier molecular flexibility index (Phi) is 7.76. The fourth-order valence-corrected chi connectivity index (χ4v) is 3.93. The second-order valence-corrected chi connectivity index (χ2v) is 8.57. The number of nitrogens with one attached hydrogen (secondary N) is 1. The van der Waals surface area contributed by atoms with E-state index in [0.717, 1.165) is 21.2 Å². The summed E-state index contributed by atoms with van der Waals surface area (Å²) in [6.45, 7) is 2.34. The molecule has 172 valence electrons. The van der Waals surface area contributed by atoms with Gasteiger partial charge in [-0.2, -0.15) is 0 Å². The van der Waals surface area contributed by atoms with E-state index in [1.807, 2.05) is 30.3 Å². The van der Waals surface area contributed by atoms with E-state index >= 15 is 0 Å². The Bertz CT molecular complexity index is 981. The summed E-state index contributed by atoms with van der Waals surface area (Å²) >= 11 is 3.35. The molecule has 0 fully saturated rings. The van der Waals surface area contributed by atoms with Crippen LogP contribution in [0.1, 0.15) is 29.7 Å². The summed E-state index contributed by atoms with van der Waals surface area (Å²) in [7, 11) is 3.09. The number of aliphatic hydroxyl groups is 2. The molecule has 0 aliphatic carbocycles. The van der Waals surface area contributed by atoms with Gasteiger partial charge in [-0.3, -0.25) is 9.59 Å². The predicted octanol–water partition coefficient (Wildman–Crippen LogP) is 1.95. The molecule has 0 radical (unpaired) electrons. The Morgan fingerprint density at radius 2 is 1.62 bits per heavy atom. The zero-order valence-electron chi connectivity index (χ0n) is 18.2. The molecule has 2 aromatic carbocycles. The average molecular weight is 507 g/mol. The number of hydrogen-bond acceptors (Lipinski definition) is 6. The van der Waals surface area contributed by atoms with Gasteiger partial charge in [0.1, 0.15) is 0 Å². The van der Waals surface area contributed by atoms with Crippen molar-refractivity contribution in [3.63, 3.8) is 0 Å². The quantitative estimate of drug-likeness (QED) is 0.529. The van der Waals surface area contributed by atoms with Crippen molar-refractivity contribution in [2.24, 2.45) is 0 Å². The smallest absolute Gasteiger partial charge is 0.255 e. The summed E-state index contributed by atoms with van der Waals surface area (Å²) in [5.41, 5.74) is 2.70. The number of carbonyl (C=O) groups is 2. The first kappa shape index (κ1) is 24.0. The van der Waals surface area contributed by atoms with E-state index in [4.69, 9.17) is 9.47 Å². The maximum absolute atomic E-state index is 12.8. The van der Waals surface area contributed by atoms with Crippen LogP contribution < -0.4 is 14.8 Å². The Hall–Kier alpha value is -2.62. The van der Waals surface area contributed by atoms with Crippen LogP contribution in [0.5, 0.6) is 11.5 Å². The van der Waals surface area contributed by atoms with Crippen LogP contribution in [0.3, 0.4) is 0 Å². The van der Waals surface area contributed by atoms with Crippen molar-refractivity contribution in [3.05, 3.63) is 57.6 Å². The largest absolute Gasteiger partial charge is 0.493 e. The third kappa shape index (κ3) is 5.23. The number of methoxy groups -OCH3 is 2. The molecular formula is C23H27BrN2O6. The second kappa shape index (κ2) is 10.3. The molecule has 1 aliphatic heterocycles. The van der Waals surface area contributed by atoms with Crippen LogP contribution in [0.4, 0.5) is 0 Å². The van der Waals surface area contributed by atoms with Crippen LogP contribution in [0.25, 0.3) is 0 Å². The number of ether oxygens (including phenoxy) is 2. The highest BCUT2D eigenvalue weighted by molar-refractivity contribution is 9.10. The predicted molar refractivity (Wildman–Crippen MR) is 121 cm³/mol. The fourth-order valence-electron chi connectivity index (χ4n) is 3.67. The molecule has 0 unspecified atom stereocenters. The van der Waals surface area contributed by atoms with Crippen molar-refractivity contribution in [1.29, 1.82) is 0 Å². The first-order valence-corrected chi connectivity index (χ1v) is 11.0. The van der Waals surface area contributed by atoms with Crippen molar-refractivity contribution >= 4 is 27.7 Å². The molecular weight excluding hydrogens is 480 g/mol. The average Bonchev–Trinajstić information content (AvgIpc) is 2.81. The Labute approximate surface area is 195 Å². The number of carbonyl (C=O) groups excluding carboxylic acids is 2. The highest BCUT2D eigenvalue weighted by atomic mass is 79.9. The maximum atomic E-state index is 12.8. The zero-order valence-corrected chi connectivity index (χ0v) is 19.8. The molecule has 1 aliphatic rings. The van der Waals surface area contributed by atoms with Gasteiger partial charge in [0, 0.05) is 17.6 Å². The van der Waals surface area contributed by atoms with Crippen molar-refractivity contribution in [3.8, 4) is 11.5 Å². The molecule has 0 saturated heterocycles. The van der Waals surface area contributed by atoms with Crippen LogP contribution in [0.15, 0.2) is 40.9 Å². The van der Waals surface area contributed by atoms with E-state index in [-0.39, 0.29) is 6.54 Å². The van der Waals surface area contributed by atoms with Crippen LogP contribution in [-0.2, 0) is 22.6 Å². The van der Waals surface area contributed by atoms with Gasteiger partial charge in [0.2, 0.25) is 0 Å². The molecule has 2 amide bonds. The van der Waals surface area contributed by atoms with E-state index in [0.29, 0.717) is 24.5 Å². The zero-order chi connectivity index (χ0) is 23.4. The third-order valence-electron chi connectivity index (χ3n) is 5.58. The number of halogens is 1. The lowest BCUT2D eigenvalue weighted by atomic mass is 9.98. The number of rotatable bonds is 7. The van der Waals surface area contributed by atoms with Crippen LogP contribution in [0.2, 0.25) is 0 Å². The number of nitrogens with zero attached hydrogens (tertiary/aromatic N) is 1. The first-order chi connectivity index (χ1) is 15.2. The molecule has 32 heavy (non-hydrogen) atoms. The van der Waals surface area contributed by atoms with E-state index < -0.39 is 30.1 Å². The normalized spacial score (nSPS) is 15.9. The van der Waals surface area contributed by atoms with E-state index in [1.165, 1.54) is 12.0 Å². The first-order valence-electron chi connectivity index (χ1n) is 10.2. The minimum absolute atomic E-state index is 0.231. The Morgan fingerprint density at radius 1 is 1.03 bits per heavy atom. The molecule has 0 spiro atoms.